The Hall–Kier alpha value is -2.94. The monoisotopic (exact) mass is 477 g/mol. The Morgan fingerprint density at radius 3 is 2.43 bits per heavy atom. The van der Waals surface area contributed by atoms with E-state index in [0.29, 0.717) is 6.61 Å². The second kappa shape index (κ2) is 11.2. The third-order valence-corrected chi connectivity index (χ3v) is 6.52. The van der Waals surface area contributed by atoms with Gasteiger partial charge in [-0.3, -0.25) is 4.90 Å². The van der Waals surface area contributed by atoms with Crippen LogP contribution in [0, 0.1) is 0 Å². The number of piperazine rings is 1. The summed E-state index contributed by atoms with van der Waals surface area (Å²) in [5, 5.41) is 1.07. The smallest absolute Gasteiger partial charge is 0.181 e. The lowest BCUT2D eigenvalue weighted by Crippen LogP contribution is -2.47. The second-order valence-corrected chi connectivity index (χ2v) is 9.31. The van der Waals surface area contributed by atoms with E-state index in [-0.39, 0.29) is 6.10 Å². The number of nitrogens with zero attached hydrogens (tertiary/aromatic N) is 5. The van der Waals surface area contributed by atoms with E-state index in [1.54, 1.807) is 6.33 Å². The van der Waals surface area contributed by atoms with Gasteiger partial charge in [0.15, 0.2) is 5.69 Å². The van der Waals surface area contributed by atoms with E-state index >= 15 is 0 Å². The van der Waals surface area contributed by atoms with E-state index < -0.39 is 0 Å². The molecule has 0 spiro atoms. The van der Waals surface area contributed by atoms with Crippen molar-refractivity contribution in [2.45, 2.75) is 20.0 Å². The molecule has 0 aliphatic carbocycles. The molecule has 3 heterocycles. The van der Waals surface area contributed by atoms with Crippen LogP contribution in [0.25, 0.3) is 10.9 Å². The van der Waals surface area contributed by atoms with Crippen molar-refractivity contribution in [1.29, 1.82) is 0 Å². The van der Waals surface area contributed by atoms with Crippen LogP contribution >= 0.6 is 0 Å². The summed E-state index contributed by atoms with van der Waals surface area (Å²) in [6, 6.07) is 14.6. The fraction of sp³-hybridized carbons (Fsp3) is 0.481. The lowest BCUT2D eigenvalue weighted by atomic mass is 10.2. The lowest BCUT2D eigenvalue weighted by Gasteiger charge is -2.29. The summed E-state index contributed by atoms with van der Waals surface area (Å²) in [4.78, 5) is 16.3. The SMILES string of the molecule is CC(C)Oc1ccc([N+]2CCN(c3ncnc4cc(OCCN5CCOCC5)ccc34)CC2)cc1. The van der Waals surface area contributed by atoms with Crippen molar-refractivity contribution < 1.29 is 14.2 Å². The topological polar surface area (TPSA) is 65.9 Å². The number of ether oxygens (including phenoxy) is 3. The number of aromatic nitrogens is 2. The summed E-state index contributed by atoms with van der Waals surface area (Å²) < 4.78 is 17.2. The van der Waals surface area contributed by atoms with Gasteiger partial charge in [-0.15, -0.1) is 4.90 Å². The first-order valence-electron chi connectivity index (χ1n) is 12.6. The fourth-order valence-electron chi connectivity index (χ4n) is 4.67. The third kappa shape index (κ3) is 6.01. The minimum atomic E-state index is 0.185. The van der Waals surface area contributed by atoms with Crippen LogP contribution in [-0.2, 0) is 4.74 Å². The van der Waals surface area contributed by atoms with Crippen LogP contribution in [0.1, 0.15) is 13.8 Å². The van der Waals surface area contributed by atoms with Gasteiger partial charge < -0.3 is 19.1 Å². The summed E-state index contributed by atoms with van der Waals surface area (Å²) >= 11 is 0. The molecule has 8 heteroatoms. The van der Waals surface area contributed by atoms with Gasteiger partial charge in [0.25, 0.3) is 0 Å². The Balaban J connectivity index is 1.19. The van der Waals surface area contributed by atoms with Gasteiger partial charge in [-0.05, 0) is 38.1 Å². The highest BCUT2D eigenvalue weighted by Gasteiger charge is 2.28. The maximum absolute atomic E-state index is 6.02. The van der Waals surface area contributed by atoms with Gasteiger partial charge >= 0.3 is 0 Å². The minimum absolute atomic E-state index is 0.185. The van der Waals surface area contributed by atoms with Gasteiger partial charge in [0.1, 0.15) is 43.3 Å². The van der Waals surface area contributed by atoms with E-state index in [0.717, 1.165) is 87.2 Å². The number of rotatable bonds is 8. The molecule has 2 aliphatic rings. The molecule has 2 fully saturated rings. The Kier molecular flexibility index (Phi) is 7.61. The van der Waals surface area contributed by atoms with Crippen molar-refractivity contribution in [2.75, 3.05) is 70.5 Å². The lowest BCUT2D eigenvalue weighted by molar-refractivity contribution is 0.0322. The quantitative estimate of drug-likeness (QED) is 0.461. The molecule has 185 valence electrons. The average molecular weight is 478 g/mol. The van der Waals surface area contributed by atoms with Gasteiger partial charge in [0, 0.05) is 43.2 Å². The molecule has 3 aromatic rings. The summed E-state index contributed by atoms with van der Waals surface area (Å²) in [5.41, 5.74) is 2.15. The molecule has 2 saturated heterocycles. The van der Waals surface area contributed by atoms with Crippen LogP contribution in [0.3, 0.4) is 0 Å². The molecule has 0 amide bonds. The number of benzene rings is 2. The maximum atomic E-state index is 6.02. The highest BCUT2D eigenvalue weighted by molar-refractivity contribution is 5.90. The number of morpholine rings is 1. The summed E-state index contributed by atoms with van der Waals surface area (Å²) in [7, 11) is 0. The standard InChI is InChI=1S/C27H35N5O3/c1-21(2)35-23-5-3-22(4-6-23)31-9-11-32(12-10-31)27-25-8-7-24(19-26(25)28-20-29-27)34-18-15-30-13-16-33-17-14-30/h3-8,19-21H,9-18H2,1-2H3/q+1. The van der Waals surface area contributed by atoms with E-state index in [9.17, 15) is 0 Å². The van der Waals surface area contributed by atoms with Crippen LogP contribution in [-0.4, -0.2) is 86.6 Å². The summed E-state index contributed by atoms with van der Waals surface area (Å²) in [6.07, 6.45) is 1.85. The predicted molar refractivity (Wildman–Crippen MR) is 138 cm³/mol. The molecule has 0 saturated carbocycles. The second-order valence-electron chi connectivity index (χ2n) is 9.31. The largest absolute Gasteiger partial charge is 0.492 e. The third-order valence-electron chi connectivity index (χ3n) is 6.52. The number of anilines is 2. The molecule has 0 N–H and O–H groups in total. The normalized spacial score (nSPS) is 17.7. The highest BCUT2D eigenvalue weighted by atomic mass is 16.5. The molecule has 0 bridgehead atoms. The van der Waals surface area contributed by atoms with Crippen molar-refractivity contribution in [3.63, 3.8) is 0 Å². The van der Waals surface area contributed by atoms with Crippen molar-refractivity contribution in [1.82, 2.24) is 19.8 Å². The molecule has 2 aromatic carbocycles. The summed E-state index contributed by atoms with van der Waals surface area (Å²) in [5.74, 6) is 2.76. The first kappa shape index (κ1) is 23.8. The minimum Gasteiger partial charge on any atom is -0.492 e. The van der Waals surface area contributed by atoms with Crippen LogP contribution in [0.15, 0.2) is 48.8 Å². The van der Waals surface area contributed by atoms with Crippen molar-refractivity contribution in [3.05, 3.63) is 48.8 Å². The molecule has 1 radical (unpaired) electrons. The summed E-state index contributed by atoms with van der Waals surface area (Å²) in [6.45, 7) is 12.9. The van der Waals surface area contributed by atoms with Gasteiger partial charge in [0.2, 0.25) is 0 Å². The van der Waals surface area contributed by atoms with Gasteiger partial charge in [-0.1, -0.05) is 0 Å². The molecule has 1 aromatic heterocycles. The van der Waals surface area contributed by atoms with Gasteiger partial charge in [0.05, 0.1) is 37.9 Å². The Morgan fingerprint density at radius 1 is 0.943 bits per heavy atom. The molecule has 35 heavy (non-hydrogen) atoms. The Bertz CT molecular complexity index is 1090. The first-order valence-corrected chi connectivity index (χ1v) is 12.6. The number of fused-ring (bicyclic) bond motifs is 1. The zero-order valence-corrected chi connectivity index (χ0v) is 20.7. The number of hydrogen-bond acceptors (Lipinski definition) is 8. The van der Waals surface area contributed by atoms with Crippen LogP contribution < -0.4 is 19.3 Å². The zero-order valence-electron chi connectivity index (χ0n) is 20.7. The number of hydrogen-bond donors (Lipinski definition) is 0. The molecule has 0 unspecified atom stereocenters. The highest BCUT2D eigenvalue weighted by Crippen LogP contribution is 2.28. The van der Waals surface area contributed by atoms with Crippen LogP contribution in [0.5, 0.6) is 11.5 Å². The van der Waals surface area contributed by atoms with E-state index in [4.69, 9.17) is 14.2 Å². The zero-order chi connectivity index (χ0) is 24.0. The molecular formula is C27H35N5O3+. The molecule has 0 atom stereocenters. The molecule has 8 nitrogen and oxygen atoms in total. The fourth-order valence-corrected chi connectivity index (χ4v) is 4.67. The van der Waals surface area contributed by atoms with Crippen molar-refractivity contribution >= 4 is 22.4 Å². The Morgan fingerprint density at radius 2 is 1.69 bits per heavy atom. The van der Waals surface area contributed by atoms with Gasteiger partial charge in [-0.25, -0.2) is 9.97 Å². The van der Waals surface area contributed by atoms with Crippen molar-refractivity contribution in [2.24, 2.45) is 0 Å². The van der Waals surface area contributed by atoms with Crippen LogP contribution in [0.4, 0.5) is 11.5 Å². The van der Waals surface area contributed by atoms with E-state index in [1.807, 2.05) is 26.0 Å². The Labute approximate surface area is 207 Å². The average Bonchev–Trinajstić information content (AvgIpc) is 2.89. The predicted octanol–water partition coefficient (Wildman–Crippen LogP) is 3.42. The maximum Gasteiger partial charge on any atom is 0.181 e. The molecule has 5 rings (SSSR count). The van der Waals surface area contributed by atoms with Gasteiger partial charge in [-0.2, -0.15) is 0 Å². The first-order chi connectivity index (χ1) is 17.2. The molecule has 2 aliphatic heterocycles. The van der Waals surface area contributed by atoms with E-state index in [1.165, 1.54) is 5.69 Å². The van der Waals surface area contributed by atoms with Crippen molar-refractivity contribution in [3.8, 4) is 11.5 Å². The molecular weight excluding hydrogens is 442 g/mol. The van der Waals surface area contributed by atoms with E-state index in [2.05, 4.69) is 55.0 Å². The van der Waals surface area contributed by atoms with Crippen LogP contribution in [0.2, 0.25) is 0 Å².